The van der Waals surface area contributed by atoms with Gasteiger partial charge in [0.05, 0.1) is 37.0 Å². The second-order valence-corrected chi connectivity index (χ2v) is 6.64. The highest BCUT2D eigenvalue weighted by molar-refractivity contribution is 6.33. The number of hydrogen-bond donors (Lipinski definition) is 2. The predicted octanol–water partition coefficient (Wildman–Crippen LogP) is 2.10. The Morgan fingerprint density at radius 2 is 2.00 bits per heavy atom. The molecule has 0 unspecified atom stereocenters. The van der Waals surface area contributed by atoms with E-state index in [2.05, 4.69) is 35.3 Å². The van der Waals surface area contributed by atoms with Crippen LogP contribution in [0.5, 0.6) is 0 Å². The van der Waals surface area contributed by atoms with Crippen LogP contribution in [0.4, 0.5) is 11.9 Å². The minimum atomic E-state index is 0.473. The van der Waals surface area contributed by atoms with Crippen LogP contribution in [0.15, 0.2) is 30.5 Å². The molecule has 3 aromatic heterocycles. The summed E-state index contributed by atoms with van der Waals surface area (Å²) in [7, 11) is 0. The van der Waals surface area contributed by atoms with E-state index in [1.165, 1.54) is 0 Å². The van der Waals surface area contributed by atoms with Crippen LogP contribution in [-0.4, -0.2) is 55.9 Å². The van der Waals surface area contributed by atoms with Crippen LogP contribution in [0.3, 0.4) is 0 Å². The predicted molar refractivity (Wildman–Crippen MR) is 102 cm³/mol. The summed E-state index contributed by atoms with van der Waals surface area (Å²) in [6, 6.07) is 7.92. The van der Waals surface area contributed by atoms with E-state index in [1.54, 1.807) is 10.7 Å². The van der Waals surface area contributed by atoms with E-state index in [1.807, 2.05) is 24.3 Å². The van der Waals surface area contributed by atoms with Crippen LogP contribution in [0.1, 0.15) is 5.82 Å². The standard InChI is InChI=1S/C17H17ClN8O/c18-11-9-20-26-15(11)23-17(25-5-7-27-8-6-25)24-16(26)19-10-14-21-12-3-1-2-4-13(12)22-14/h1-4,9H,5-8,10H2,(H,21,22)(H,19,23,24). The Kier molecular flexibility index (Phi) is 4.02. The fourth-order valence-corrected chi connectivity index (χ4v) is 3.28. The number of nitrogens with one attached hydrogen (secondary N) is 2. The van der Waals surface area contributed by atoms with Crippen LogP contribution in [0.25, 0.3) is 16.7 Å². The zero-order chi connectivity index (χ0) is 18.2. The van der Waals surface area contributed by atoms with Crippen molar-refractivity contribution < 1.29 is 4.74 Å². The summed E-state index contributed by atoms with van der Waals surface area (Å²) in [6.07, 6.45) is 1.57. The minimum absolute atomic E-state index is 0.473. The number of benzene rings is 1. The van der Waals surface area contributed by atoms with Crippen LogP contribution in [0, 0.1) is 0 Å². The first-order valence-electron chi connectivity index (χ1n) is 8.69. The Morgan fingerprint density at radius 1 is 1.15 bits per heavy atom. The lowest BCUT2D eigenvalue weighted by molar-refractivity contribution is 0.122. The number of ether oxygens (including phenoxy) is 1. The molecule has 1 aromatic carbocycles. The number of imidazole rings is 1. The van der Waals surface area contributed by atoms with Crippen LogP contribution < -0.4 is 10.2 Å². The Hall–Kier alpha value is -2.91. The van der Waals surface area contributed by atoms with E-state index in [-0.39, 0.29) is 0 Å². The molecule has 5 rings (SSSR count). The molecule has 10 heteroatoms. The first-order chi connectivity index (χ1) is 13.3. The molecule has 138 valence electrons. The number of morpholine rings is 1. The average Bonchev–Trinajstić information content (AvgIpc) is 3.30. The van der Waals surface area contributed by atoms with Gasteiger partial charge in [-0.3, -0.25) is 0 Å². The van der Waals surface area contributed by atoms with Gasteiger partial charge in [0, 0.05) is 13.1 Å². The zero-order valence-corrected chi connectivity index (χ0v) is 15.1. The van der Waals surface area contributed by atoms with E-state index in [0.717, 1.165) is 29.9 Å². The monoisotopic (exact) mass is 384 g/mol. The van der Waals surface area contributed by atoms with Crippen molar-refractivity contribution in [2.75, 3.05) is 36.5 Å². The van der Waals surface area contributed by atoms with E-state index in [9.17, 15) is 0 Å². The Morgan fingerprint density at radius 3 is 2.85 bits per heavy atom. The van der Waals surface area contributed by atoms with Crippen molar-refractivity contribution in [3.05, 3.63) is 41.3 Å². The number of para-hydroxylation sites is 2. The number of anilines is 2. The van der Waals surface area contributed by atoms with Gasteiger partial charge in [-0.2, -0.15) is 19.6 Å². The molecule has 1 aliphatic rings. The van der Waals surface area contributed by atoms with Gasteiger partial charge in [-0.15, -0.1) is 0 Å². The van der Waals surface area contributed by atoms with Gasteiger partial charge in [0.2, 0.25) is 11.9 Å². The molecule has 0 saturated carbocycles. The Bertz CT molecular complexity index is 1070. The van der Waals surface area contributed by atoms with E-state index >= 15 is 0 Å². The number of halogens is 1. The third-order valence-corrected chi connectivity index (χ3v) is 4.73. The maximum atomic E-state index is 6.26. The number of hydrogen-bond acceptors (Lipinski definition) is 7. The van der Waals surface area contributed by atoms with Gasteiger partial charge in [0.25, 0.3) is 0 Å². The molecule has 4 heterocycles. The van der Waals surface area contributed by atoms with Gasteiger partial charge in [-0.25, -0.2) is 4.98 Å². The summed E-state index contributed by atoms with van der Waals surface area (Å²) < 4.78 is 7.02. The molecule has 0 amide bonds. The van der Waals surface area contributed by atoms with E-state index in [0.29, 0.717) is 42.3 Å². The van der Waals surface area contributed by atoms with Crippen molar-refractivity contribution in [1.82, 2.24) is 29.5 Å². The fraction of sp³-hybridized carbons (Fsp3) is 0.294. The minimum Gasteiger partial charge on any atom is -0.378 e. The van der Waals surface area contributed by atoms with E-state index in [4.69, 9.17) is 16.3 Å². The lowest BCUT2D eigenvalue weighted by Gasteiger charge is -2.27. The van der Waals surface area contributed by atoms with Gasteiger partial charge < -0.3 is 19.9 Å². The summed E-state index contributed by atoms with van der Waals surface area (Å²) in [5.41, 5.74) is 2.50. The molecule has 27 heavy (non-hydrogen) atoms. The lowest BCUT2D eigenvalue weighted by atomic mass is 10.3. The number of rotatable bonds is 4. The molecule has 0 radical (unpaired) electrons. The molecule has 0 aliphatic carbocycles. The average molecular weight is 385 g/mol. The van der Waals surface area contributed by atoms with Gasteiger partial charge >= 0.3 is 0 Å². The van der Waals surface area contributed by atoms with Crippen molar-refractivity contribution in [2.24, 2.45) is 0 Å². The Balaban J connectivity index is 1.47. The largest absolute Gasteiger partial charge is 0.378 e. The van der Waals surface area contributed by atoms with Crippen molar-refractivity contribution in [3.63, 3.8) is 0 Å². The van der Waals surface area contributed by atoms with Gasteiger partial charge in [-0.05, 0) is 12.1 Å². The summed E-state index contributed by atoms with van der Waals surface area (Å²) in [6.45, 7) is 3.27. The molecule has 0 spiro atoms. The molecule has 9 nitrogen and oxygen atoms in total. The summed E-state index contributed by atoms with van der Waals surface area (Å²) in [5.74, 6) is 1.99. The zero-order valence-electron chi connectivity index (χ0n) is 14.4. The summed E-state index contributed by atoms with van der Waals surface area (Å²) in [4.78, 5) is 19.2. The number of aromatic amines is 1. The topological polar surface area (TPSA) is 96.3 Å². The number of aromatic nitrogens is 6. The first kappa shape index (κ1) is 16.3. The van der Waals surface area contributed by atoms with Gasteiger partial charge in [0.15, 0.2) is 5.65 Å². The molecule has 4 aromatic rings. The SMILES string of the molecule is Clc1cnn2c(NCc3nc4ccccc4[nH]3)nc(N3CCOCC3)nc12. The van der Waals surface area contributed by atoms with Crippen molar-refractivity contribution in [3.8, 4) is 0 Å². The number of nitrogens with zero attached hydrogens (tertiary/aromatic N) is 6. The summed E-state index contributed by atoms with van der Waals surface area (Å²) in [5, 5.41) is 8.06. The molecule has 0 atom stereocenters. The number of H-pyrrole nitrogens is 1. The number of fused-ring (bicyclic) bond motifs is 2. The maximum absolute atomic E-state index is 6.26. The maximum Gasteiger partial charge on any atom is 0.230 e. The van der Waals surface area contributed by atoms with Crippen LogP contribution in [0.2, 0.25) is 5.02 Å². The Labute approximate surface area is 159 Å². The third kappa shape index (κ3) is 3.04. The van der Waals surface area contributed by atoms with Crippen LogP contribution >= 0.6 is 11.6 Å². The summed E-state index contributed by atoms with van der Waals surface area (Å²) >= 11 is 6.26. The fourth-order valence-electron chi connectivity index (χ4n) is 3.11. The smallest absolute Gasteiger partial charge is 0.230 e. The van der Waals surface area contributed by atoms with Crippen LogP contribution in [-0.2, 0) is 11.3 Å². The lowest BCUT2D eigenvalue weighted by Crippen LogP contribution is -2.37. The second-order valence-electron chi connectivity index (χ2n) is 6.23. The van der Waals surface area contributed by atoms with Gasteiger partial charge in [-0.1, -0.05) is 23.7 Å². The second kappa shape index (κ2) is 6.67. The first-order valence-corrected chi connectivity index (χ1v) is 9.07. The molecule has 1 saturated heterocycles. The molecule has 0 bridgehead atoms. The molecule has 1 aliphatic heterocycles. The molecule has 2 N–H and O–H groups in total. The molecular weight excluding hydrogens is 368 g/mol. The van der Waals surface area contributed by atoms with Gasteiger partial charge in [0.1, 0.15) is 10.8 Å². The molecule has 1 fully saturated rings. The third-order valence-electron chi connectivity index (χ3n) is 4.46. The highest BCUT2D eigenvalue weighted by Gasteiger charge is 2.18. The van der Waals surface area contributed by atoms with Crippen molar-refractivity contribution >= 4 is 40.2 Å². The normalized spacial score (nSPS) is 14.9. The van der Waals surface area contributed by atoms with E-state index < -0.39 is 0 Å². The highest BCUT2D eigenvalue weighted by atomic mass is 35.5. The van der Waals surface area contributed by atoms with Crippen molar-refractivity contribution in [2.45, 2.75) is 6.54 Å². The quantitative estimate of drug-likeness (QED) is 0.556. The highest BCUT2D eigenvalue weighted by Crippen LogP contribution is 2.22. The van der Waals surface area contributed by atoms with Crippen molar-refractivity contribution in [1.29, 1.82) is 0 Å². The molecular formula is C17H17ClN8O.